The number of morpholine rings is 1. The highest BCUT2D eigenvalue weighted by Crippen LogP contribution is 2.39. The summed E-state index contributed by atoms with van der Waals surface area (Å²) in [6.45, 7) is 4.68. The molecule has 1 aliphatic rings. The Morgan fingerprint density at radius 2 is 1.67 bits per heavy atom. The van der Waals surface area contributed by atoms with Crippen molar-refractivity contribution in [1.82, 2.24) is 14.9 Å². The highest BCUT2D eigenvalue weighted by Gasteiger charge is 2.23. The molecule has 42 heavy (non-hydrogen) atoms. The van der Waals surface area contributed by atoms with Crippen molar-refractivity contribution in [1.29, 1.82) is 0 Å². The molecule has 0 unspecified atom stereocenters. The normalized spacial score (nSPS) is 13.6. The Balaban J connectivity index is 1.39. The average molecular weight is 581 g/mol. The fourth-order valence-corrected chi connectivity index (χ4v) is 4.75. The fraction of sp³-hybridized carbons (Fsp3) is 0.300. The second kappa shape index (κ2) is 13.0. The number of carbonyl (C=O) groups excluding carboxylic acids is 1. The molecule has 220 valence electrons. The third kappa shape index (κ3) is 6.19. The van der Waals surface area contributed by atoms with Gasteiger partial charge >= 0.3 is 0 Å². The Morgan fingerprint density at radius 1 is 0.929 bits per heavy atom. The van der Waals surface area contributed by atoms with Crippen LogP contribution in [-0.2, 0) is 4.74 Å². The molecule has 0 spiro atoms. The van der Waals surface area contributed by atoms with Crippen LogP contribution in [0.3, 0.4) is 0 Å². The number of nitrogens with zero attached hydrogens (tertiary/aromatic N) is 3. The predicted octanol–water partition coefficient (Wildman–Crippen LogP) is 4.58. The van der Waals surface area contributed by atoms with Crippen LogP contribution in [0, 0.1) is 11.6 Å². The lowest BCUT2D eigenvalue weighted by Crippen LogP contribution is -2.37. The molecule has 0 atom stereocenters. The number of hydrogen-bond donors (Lipinski definition) is 1. The van der Waals surface area contributed by atoms with Gasteiger partial charge < -0.3 is 29.4 Å². The van der Waals surface area contributed by atoms with Crippen molar-refractivity contribution < 1.29 is 37.3 Å². The first-order valence-corrected chi connectivity index (χ1v) is 13.3. The van der Waals surface area contributed by atoms with Gasteiger partial charge in [0.1, 0.15) is 22.9 Å². The van der Waals surface area contributed by atoms with Crippen LogP contribution >= 0.6 is 0 Å². The number of primary amides is 1. The SMILES string of the molecule is COc1cc2c(Oc3cc(F)c(-c4nccc(OC)c4C(N)=O)cc3F)ccnc2cc1OCCCN1CCOCC1. The van der Waals surface area contributed by atoms with Crippen molar-refractivity contribution >= 4 is 16.8 Å². The molecular formula is C30H30F2N4O6. The van der Waals surface area contributed by atoms with Gasteiger partial charge in [0, 0.05) is 55.1 Å². The van der Waals surface area contributed by atoms with Crippen LogP contribution in [0.4, 0.5) is 8.78 Å². The van der Waals surface area contributed by atoms with Gasteiger partial charge in [-0.25, -0.2) is 8.78 Å². The largest absolute Gasteiger partial charge is 0.496 e. The topological polar surface area (TPSA) is 118 Å². The van der Waals surface area contributed by atoms with E-state index in [-0.39, 0.29) is 34.1 Å². The maximum Gasteiger partial charge on any atom is 0.254 e. The number of methoxy groups -OCH3 is 2. The lowest BCUT2D eigenvalue weighted by Gasteiger charge is -2.26. The van der Waals surface area contributed by atoms with Crippen LogP contribution in [0.25, 0.3) is 22.2 Å². The van der Waals surface area contributed by atoms with Crippen LogP contribution in [0.15, 0.2) is 48.8 Å². The van der Waals surface area contributed by atoms with Gasteiger partial charge in [-0.1, -0.05) is 0 Å². The third-order valence-corrected chi connectivity index (χ3v) is 6.84. The van der Waals surface area contributed by atoms with Crippen LogP contribution in [-0.4, -0.2) is 74.4 Å². The molecular weight excluding hydrogens is 550 g/mol. The quantitative estimate of drug-likeness (QED) is 0.254. The van der Waals surface area contributed by atoms with Crippen molar-refractivity contribution in [2.24, 2.45) is 5.73 Å². The Morgan fingerprint density at radius 3 is 2.40 bits per heavy atom. The second-order valence-electron chi connectivity index (χ2n) is 9.45. The number of hydrogen-bond acceptors (Lipinski definition) is 9. The first-order valence-electron chi connectivity index (χ1n) is 13.3. The van der Waals surface area contributed by atoms with Gasteiger partial charge in [-0.05, 0) is 30.7 Å². The molecule has 1 fully saturated rings. The maximum atomic E-state index is 15.3. The number of fused-ring (bicyclic) bond motifs is 1. The molecule has 12 heteroatoms. The zero-order chi connectivity index (χ0) is 29.6. The summed E-state index contributed by atoms with van der Waals surface area (Å²) < 4.78 is 58.5. The van der Waals surface area contributed by atoms with Gasteiger partial charge in [-0.2, -0.15) is 0 Å². The molecule has 1 saturated heterocycles. The van der Waals surface area contributed by atoms with E-state index in [1.807, 2.05) is 0 Å². The summed E-state index contributed by atoms with van der Waals surface area (Å²) in [5.74, 6) is -1.78. The average Bonchev–Trinajstić information content (AvgIpc) is 3.00. The van der Waals surface area contributed by atoms with Gasteiger partial charge in [0.15, 0.2) is 23.1 Å². The van der Waals surface area contributed by atoms with E-state index >= 15 is 8.78 Å². The smallest absolute Gasteiger partial charge is 0.254 e. The van der Waals surface area contributed by atoms with E-state index in [0.717, 1.165) is 51.4 Å². The number of rotatable bonds is 11. The number of halogens is 2. The van der Waals surface area contributed by atoms with E-state index in [2.05, 4.69) is 14.9 Å². The van der Waals surface area contributed by atoms with Gasteiger partial charge in [0.05, 0.1) is 45.3 Å². The lowest BCUT2D eigenvalue weighted by molar-refractivity contribution is 0.0357. The summed E-state index contributed by atoms with van der Waals surface area (Å²) in [5.41, 5.74) is 5.39. The monoisotopic (exact) mass is 580 g/mol. The molecule has 3 heterocycles. The molecule has 2 aromatic heterocycles. The number of nitrogens with two attached hydrogens (primary N) is 1. The summed E-state index contributed by atoms with van der Waals surface area (Å²) in [6, 6.07) is 8.11. The van der Waals surface area contributed by atoms with Crippen molar-refractivity contribution in [2.75, 3.05) is 53.7 Å². The molecule has 0 saturated carbocycles. The number of carbonyl (C=O) groups is 1. The van der Waals surface area contributed by atoms with Crippen LogP contribution in [0.1, 0.15) is 16.8 Å². The van der Waals surface area contributed by atoms with E-state index in [1.165, 1.54) is 38.7 Å². The second-order valence-corrected chi connectivity index (χ2v) is 9.45. The number of pyridine rings is 2. The molecule has 10 nitrogen and oxygen atoms in total. The minimum atomic E-state index is -0.896. The first-order chi connectivity index (χ1) is 20.4. The Bertz CT molecular complexity index is 1600. The van der Waals surface area contributed by atoms with Gasteiger partial charge in [0.25, 0.3) is 5.91 Å². The zero-order valence-corrected chi connectivity index (χ0v) is 23.2. The van der Waals surface area contributed by atoms with Crippen LogP contribution < -0.4 is 24.7 Å². The first kappa shape index (κ1) is 29.0. The Hall–Kier alpha value is -4.55. The number of ether oxygens (including phenoxy) is 5. The summed E-state index contributed by atoms with van der Waals surface area (Å²) >= 11 is 0. The summed E-state index contributed by atoms with van der Waals surface area (Å²) in [5, 5.41) is 0.504. The summed E-state index contributed by atoms with van der Waals surface area (Å²) in [4.78, 5) is 22.8. The maximum absolute atomic E-state index is 15.3. The van der Waals surface area contributed by atoms with Gasteiger partial charge in [0.2, 0.25) is 0 Å². The molecule has 0 radical (unpaired) electrons. The predicted molar refractivity (Wildman–Crippen MR) is 150 cm³/mol. The summed E-state index contributed by atoms with van der Waals surface area (Å²) in [7, 11) is 2.84. The third-order valence-electron chi connectivity index (χ3n) is 6.84. The minimum absolute atomic E-state index is 0.0882. The Kier molecular flexibility index (Phi) is 8.94. The van der Waals surface area contributed by atoms with E-state index in [9.17, 15) is 4.79 Å². The molecule has 0 bridgehead atoms. The van der Waals surface area contributed by atoms with Crippen LogP contribution in [0.2, 0.25) is 0 Å². The minimum Gasteiger partial charge on any atom is -0.496 e. The van der Waals surface area contributed by atoms with Crippen molar-refractivity contribution in [3.63, 3.8) is 0 Å². The molecule has 2 N–H and O–H groups in total. The molecule has 1 aliphatic heterocycles. The number of amides is 1. The van der Waals surface area contributed by atoms with Crippen LogP contribution in [0.5, 0.6) is 28.7 Å². The fourth-order valence-electron chi connectivity index (χ4n) is 4.75. The molecule has 2 aromatic carbocycles. The molecule has 4 aromatic rings. The molecule has 1 amide bonds. The summed E-state index contributed by atoms with van der Waals surface area (Å²) in [6.07, 6.45) is 3.63. The zero-order valence-electron chi connectivity index (χ0n) is 23.2. The highest BCUT2D eigenvalue weighted by atomic mass is 19.1. The molecule has 5 rings (SSSR count). The Labute approximate surface area is 240 Å². The van der Waals surface area contributed by atoms with Crippen molar-refractivity contribution in [3.8, 4) is 40.0 Å². The van der Waals surface area contributed by atoms with E-state index in [4.69, 9.17) is 29.4 Å². The lowest BCUT2D eigenvalue weighted by atomic mass is 10.0. The van der Waals surface area contributed by atoms with Crippen molar-refractivity contribution in [3.05, 3.63) is 66.0 Å². The van der Waals surface area contributed by atoms with Crippen molar-refractivity contribution in [2.45, 2.75) is 6.42 Å². The van der Waals surface area contributed by atoms with Gasteiger partial charge in [-0.3, -0.25) is 19.7 Å². The molecule has 0 aliphatic carbocycles. The van der Waals surface area contributed by atoms with Gasteiger partial charge in [-0.15, -0.1) is 0 Å². The van der Waals surface area contributed by atoms with E-state index in [0.29, 0.717) is 29.0 Å². The standard InChI is InChI=1S/C30H30F2N4O6/c1-38-24-5-7-35-29(28(24)30(33)37)18-14-21(32)25(16-20(18)31)42-23-4-6-34-22-17-27(26(39-2)15-19(22)23)41-11-3-8-36-9-12-40-13-10-36/h4-7,14-17H,3,8-13H2,1-2H3,(H2,33,37). The van der Waals surface area contributed by atoms with E-state index in [1.54, 1.807) is 12.1 Å². The van der Waals surface area contributed by atoms with E-state index < -0.39 is 17.5 Å². The number of benzene rings is 2. The number of aromatic nitrogens is 2. The highest BCUT2D eigenvalue weighted by molar-refractivity contribution is 6.01.